The average Bonchev–Trinajstić information content (AvgIpc) is 3.21. The van der Waals surface area contributed by atoms with Gasteiger partial charge in [0.15, 0.2) is 5.78 Å². The summed E-state index contributed by atoms with van der Waals surface area (Å²) in [7, 11) is 1.80. The summed E-state index contributed by atoms with van der Waals surface area (Å²) in [4.78, 5) is 26.0. The number of thiophene rings is 1. The van der Waals surface area contributed by atoms with Crippen molar-refractivity contribution in [1.29, 1.82) is 0 Å². The first-order chi connectivity index (χ1) is 12.9. The summed E-state index contributed by atoms with van der Waals surface area (Å²) in [5, 5.41) is 8.49. The Balaban J connectivity index is 1.86. The number of Topliss-reactive ketones (excluding diaryl/α,β-unsaturated/α-hetero) is 1. The highest BCUT2D eigenvalue weighted by Crippen LogP contribution is 2.45. The first-order valence-electron chi connectivity index (χ1n) is 8.59. The third kappa shape index (κ3) is 2.73. The molecule has 8 heteroatoms. The maximum absolute atomic E-state index is 13.7. The lowest BCUT2D eigenvalue weighted by Crippen LogP contribution is -2.42. The van der Waals surface area contributed by atoms with Crippen molar-refractivity contribution in [3.8, 4) is 0 Å². The van der Waals surface area contributed by atoms with Crippen LogP contribution in [0.4, 0.5) is 5.00 Å². The van der Waals surface area contributed by atoms with Crippen molar-refractivity contribution in [3.63, 3.8) is 0 Å². The summed E-state index contributed by atoms with van der Waals surface area (Å²) in [6, 6.07) is 9.70. The van der Waals surface area contributed by atoms with Gasteiger partial charge in [0.2, 0.25) is 0 Å². The molecule has 3 aromatic rings. The minimum absolute atomic E-state index is 0.0372. The third-order valence-electron chi connectivity index (χ3n) is 5.18. The summed E-state index contributed by atoms with van der Waals surface area (Å²) in [5.74, 6) is -0.622. The van der Waals surface area contributed by atoms with Gasteiger partial charge in [0.05, 0.1) is 26.6 Å². The first-order valence-corrected chi connectivity index (χ1v) is 9.40. The molecule has 1 aliphatic rings. The number of nitrogens with two attached hydrogens (primary N) is 2. The lowest BCUT2D eigenvalue weighted by molar-refractivity contribution is 0.0862. The molecule has 0 fully saturated rings. The molecule has 4 N–H and O–H groups in total. The number of fused-ring (bicyclic) bond motifs is 1. The number of primary amides is 1. The molecule has 0 aliphatic heterocycles. The molecule has 1 aliphatic carbocycles. The molecule has 138 valence electrons. The molecule has 1 amide bonds. The minimum atomic E-state index is -0.767. The van der Waals surface area contributed by atoms with E-state index in [2.05, 4.69) is 10.3 Å². The standard InChI is InChI=1S/C19H19N5O2S/c1-24-10-12(22-23-24)9-19(11-5-3-2-4-6-11)8-7-13-14(17(20)26)18(21)27-15(13)16(19)25/h2-6,10H,7-9,21H2,1H3,(H2,20,26). The van der Waals surface area contributed by atoms with Crippen molar-refractivity contribution in [3.05, 3.63) is 63.8 Å². The molecule has 2 heterocycles. The van der Waals surface area contributed by atoms with Crippen LogP contribution in [-0.4, -0.2) is 26.7 Å². The number of benzene rings is 1. The van der Waals surface area contributed by atoms with Crippen molar-refractivity contribution in [2.24, 2.45) is 12.8 Å². The number of amides is 1. The predicted molar refractivity (Wildman–Crippen MR) is 103 cm³/mol. The number of aromatic nitrogens is 3. The van der Waals surface area contributed by atoms with Gasteiger partial charge in [0, 0.05) is 19.7 Å². The van der Waals surface area contributed by atoms with E-state index in [0.29, 0.717) is 40.3 Å². The number of nitrogens with zero attached hydrogens (tertiary/aromatic N) is 3. The molecule has 1 aromatic carbocycles. The van der Waals surface area contributed by atoms with Crippen molar-refractivity contribution in [2.75, 3.05) is 5.73 Å². The quantitative estimate of drug-likeness (QED) is 0.715. The fourth-order valence-corrected chi connectivity index (χ4v) is 5.10. The number of carbonyl (C=O) groups excluding carboxylic acids is 2. The maximum Gasteiger partial charge on any atom is 0.251 e. The lowest BCUT2D eigenvalue weighted by atomic mass is 9.66. The highest BCUT2D eigenvalue weighted by atomic mass is 32.1. The predicted octanol–water partition coefficient (Wildman–Crippen LogP) is 1.87. The Morgan fingerprint density at radius 1 is 1.33 bits per heavy atom. The van der Waals surface area contributed by atoms with Gasteiger partial charge in [0.25, 0.3) is 5.91 Å². The van der Waals surface area contributed by atoms with Crippen LogP contribution in [-0.2, 0) is 25.3 Å². The van der Waals surface area contributed by atoms with Crippen LogP contribution in [0, 0.1) is 0 Å². The number of ketones is 1. The second kappa shape index (κ2) is 6.31. The van der Waals surface area contributed by atoms with E-state index < -0.39 is 11.3 Å². The molecule has 0 radical (unpaired) electrons. The molecular weight excluding hydrogens is 362 g/mol. The molecule has 1 atom stereocenters. The van der Waals surface area contributed by atoms with Crippen molar-refractivity contribution in [1.82, 2.24) is 15.0 Å². The molecule has 1 unspecified atom stereocenters. The van der Waals surface area contributed by atoms with Gasteiger partial charge in [-0.2, -0.15) is 0 Å². The van der Waals surface area contributed by atoms with Crippen LogP contribution in [0.5, 0.6) is 0 Å². The van der Waals surface area contributed by atoms with Crippen LogP contribution in [0.2, 0.25) is 0 Å². The monoisotopic (exact) mass is 381 g/mol. The van der Waals surface area contributed by atoms with E-state index in [1.54, 1.807) is 11.7 Å². The third-order valence-corrected chi connectivity index (χ3v) is 6.24. The Morgan fingerprint density at radius 3 is 2.70 bits per heavy atom. The van der Waals surface area contributed by atoms with Gasteiger partial charge in [-0.15, -0.1) is 16.4 Å². The molecule has 0 spiro atoms. The minimum Gasteiger partial charge on any atom is -0.390 e. The van der Waals surface area contributed by atoms with E-state index in [-0.39, 0.29) is 5.78 Å². The van der Waals surface area contributed by atoms with Crippen LogP contribution < -0.4 is 11.5 Å². The molecule has 0 bridgehead atoms. The van der Waals surface area contributed by atoms with E-state index in [9.17, 15) is 9.59 Å². The zero-order chi connectivity index (χ0) is 19.2. The molecule has 0 saturated heterocycles. The molecule has 27 heavy (non-hydrogen) atoms. The van der Waals surface area contributed by atoms with Crippen LogP contribution in [0.25, 0.3) is 0 Å². The fraction of sp³-hybridized carbons (Fsp3) is 0.263. The summed E-state index contributed by atoms with van der Waals surface area (Å²) < 4.78 is 1.63. The van der Waals surface area contributed by atoms with E-state index in [1.807, 2.05) is 36.5 Å². The Labute approximate surface area is 160 Å². The van der Waals surface area contributed by atoms with Crippen molar-refractivity contribution < 1.29 is 9.59 Å². The summed E-state index contributed by atoms with van der Waals surface area (Å²) in [5.41, 5.74) is 13.4. The highest BCUT2D eigenvalue weighted by Gasteiger charge is 2.46. The lowest BCUT2D eigenvalue weighted by Gasteiger charge is -2.35. The zero-order valence-electron chi connectivity index (χ0n) is 14.8. The topological polar surface area (TPSA) is 117 Å². The van der Waals surface area contributed by atoms with Gasteiger partial charge >= 0.3 is 0 Å². The molecule has 0 saturated carbocycles. The van der Waals surface area contributed by atoms with Gasteiger partial charge in [-0.25, -0.2) is 0 Å². The molecule has 7 nitrogen and oxygen atoms in total. The molecular formula is C19H19N5O2S. The van der Waals surface area contributed by atoms with E-state index in [1.165, 1.54) is 0 Å². The second-order valence-corrected chi connectivity index (χ2v) is 7.90. The van der Waals surface area contributed by atoms with E-state index in [4.69, 9.17) is 11.5 Å². The van der Waals surface area contributed by atoms with Crippen LogP contribution >= 0.6 is 11.3 Å². The van der Waals surface area contributed by atoms with Gasteiger partial charge in [0.1, 0.15) is 0 Å². The number of nitrogen functional groups attached to an aromatic ring is 1. The summed E-state index contributed by atoms with van der Waals surface area (Å²) >= 11 is 1.15. The van der Waals surface area contributed by atoms with Crippen LogP contribution in [0.15, 0.2) is 36.5 Å². The fourth-order valence-electron chi connectivity index (χ4n) is 3.93. The zero-order valence-corrected chi connectivity index (χ0v) is 15.6. The van der Waals surface area contributed by atoms with Gasteiger partial charge in [-0.05, 0) is 24.0 Å². The summed E-state index contributed by atoms with van der Waals surface area (Å²) in [6.07, 6.45) is 3.37. The SMILES string of the molecule is Cn1cc(CC2(c3ccccc3)CCc3c(sc(N)c3C(N)=O)C2=O)nn1. The number of anilines is 1. The number of hydrogen-bond donors (Lipinski definition) is 2. The van der Waals surface area contributed by atoms with Gasteiger partial charge < -0.3 is 11.5 Å². The normalized spacial score (nSPS) is 19.1. The Hall–Kier alpha value is -3.00. The van der Waals surface area contributed by atoms with Crippen molar-refractivity contribution >= 4 is 28.0 Å². The smallest absolute Gasteiger partial charge is 0.251 e. The highest BCUT2D eigenvalue weighted by molar-refractivity contribution is 7.18. The van der Waals surface area contributed by atoms with Crippen LogP contribution in [0.3, 0.4) is 0 Å². The Kier molecular flexibility index (Phi) is 4.07. The maximum atomic E-state index is 13.7. The first kappa shape index (κ1) is 17.4. The average molecular weight is 381 g/mol. The molecule has 4 rings (SSSR count). The second-order valence-electron chi connectivity index (χ2n) is 6.85. The van der Waals surface area contributed by atoms with Gasteiger partial charge in [-0.3, -0.25) is 14.3 Å². The van der Waals surface area contributed by atoms with Gasteiger partial charge in [-0.1, -0.05) is 35.5 Å². The van der Waals surface area contributed by atoms with Crippen LogP contribution in [0.1, 0.15) is 43.3 Å². The largest absolute Gasteiger partial charge is 0.390 e. The number of rotatable bonds is 4. The number of aryl methyl sites for hydroxylation is 1. The number of carbonyl (C=O) groups is 2. The van der Waals surface area contributed by atoms with Crippen molar-refractivity contribution in [2.45, 2.75) is 24.7 Å². The molecule has 2 aromatic heterocycles. The van der Waals surface area contributed by atoms with E-state index in [0.717, 1.165) is 22.6 Å². The summed E-state index contributed by atoms with van der Waals surface area (Å²) in [6.45, 7) is 0. The Morgan fingerprint density at radius 2 is 2.07 bits per heavy atom. The number of hydrogen-bond acceptors (Lipinski definition) is 6. The Bertz CT molecular complexity index is 1040. The van der Waals surface area contributed by atoms with E-state index >= 15 is 0 Å².